The maximum absolute atomic E-state index is 5.68. The fraction of sp³-hybridized carbons (Fsp3) is 0.444. The summed E-state index contributed by atoms with van der Waals surface area (Å²) in [4.78, 5) is 14.4. The highest BCUT2D eigenvalue weighted by Crippen LogP contribution is 2.33. The van der Waals surface area contributed by atoms with Gasteiger partial charge in [-0.25, -0.2) is 0 Å². The zero-order valence-corrected chi connectivity index (χ0v) is 11.9. The van der Waals surface area contributed by atoms with Crippen molar-refractivity contribution >= 4 is 35.0 Å². The molecule has 9 heteroatoms. The second kappa shape index (κ2) is 5.44. The molecule has 2 rings (SSSR count). The quantitative estimate of drug-likeness (QED) is 0.837. The Hall–Kier alpha value is -1.48. The number of anilines is 2. The number of nitrogen functional groups attached to an aromatic ring is 1. The molecule has 2 aromatic rings. The van der Waals surface area contributed by atoms with E-state index in [2.05, 4.69) is 25.1 Å². The average Bonchev–Trinajstić information content (AvgIpc) is 2.80. The summed E-state index contributed by atoms with van der Waals surface area (Å²) in [5.41, 5.74) is 7.38. The van der Waals surface area contributed by atoms with Gasteiger partial charge in [0.1, 0.15) is 11.3 Å². The smallest absolute Gasteiger partial charge is 0.229 e. The van der Waals surface area contributed by atoms with Crippen LogP contribution in [0.5, 0.6) is 0 Å². The van der Waals surface area contributed by atoms with Crippen LogP contribution in [0.15, 0.2) is 9.85 Å². The molecule has 0 aromatic carbocycles. The number of nitrogens with zero attached hydrogens (tertiary/aromatic N) is 6. The molecule has 0 fully saturated rings. The highest BCUT2D eigenvalue weighted by atomic mass is 32.2. The van der Waals surface area contributed by atoms with E-state index in [0.29, 0.717) is 11.8 Å². The summed E-state index contributed by atoms with van der Waals surface area (Å²) in [6.45, 7) is 2.00. The maximum atomic E-state index is 5.68. The van der Waals surface area contributed by atoms with Crippen LogP contribution in [-0.2, 0) is 0 Å². The highest BCUT2D eigenvalue weighted by molar-refractivity contribution is 8.01. The van der Waals surface area contributed by atoms with Gasteiger partial charge in [-0.3, -0.25) is 0 Å². The third-order valence-corrected chi connectivity index (χ3v) is 3.95. The van der Waals surface area contributed by atoms with E-state index in [1.54, 1.807) is 22.2 Å². The molecule has 0 bridgehead atoms. The molecular weight excluding hydrogens is 270 g/mol. The minimum atomic E-state index is 0.0435. The molecule has 1 unspecified atom stereocenters. The van der Waals surface area contributed by atoms with Gasteiger partial charge in [-0.2, -0.15) is 15.0 Å². The molecular formula is C9H13N7S2. The third-order valence-electron chi connectivity index (χ3n) is 2.04. The van der Waals surface area contributed by atoms with E-state index in [4.69, 9.17) is 5.73 Å². The first-order valence-corrected chi connectivity index (χ1v) is 6.94. The van der Waals surface area contributed by atoms with Crippen LogP contribution in [0, 0.1) is 0 Å². The van der Waals surface area contributed by atoms with Crippen molar-refractivity contribution in [1.29, 1.82) is 0 Å². The molecule has 0 amide bonds. The van der Waals surface area contributed by atoms with Crippen LogP contribution in [0.25, 0.3) is 0 Å². The third kappa shape index (κ3) is 3.05. The van der Waals surface area contributed by atoms with Crippen molar-refractivity contribution in [2.24, 2.45) is 0 Å². The van der Waals surface area contributed by atoms with Gasteiger partial charge in [0.05, 0.1) is 5.25 Å². The van der Waals surface area contributed by atoms with Crippen LogP contribution < -0.4 is 10.6 Å². The second-order valence-corrected chi connectivity index (χ2v) is 6.13. The van der Waals surface area contributed by atoms with Crippen molar-refractivity contribution in [2.75, 3.05) is 24.7 Å². The molecule has 0 aliphatic heterocycles. The Morgan fingerprint density at radius 1 is 1.33 bits per heavy atom. The summed E-state index contributed by atoms with van der Waals surface area (Å²) in [6.07, 6.45) is 0. The van der Waals surface area contributed by atoms with Gasteiger partial charge >= 0.3 is 0 Å². The van der Waals surface area contributed by atoms with Crippen molar-refractivity contribution in [3.63, 3.8) is 0 Å². The van der Waals surface area contributed by atoms with E-state index < -0.39 is 0 Å². The Labute approximate surface area is 113 Å². The first-order valence-electron chi connectivity index (χ1n) is 5.18. The van der Waals surface area contributed by atoms with Crippen LogP contribution in [0.1, 0.15) is 18.0 Å². The van der Waals surface area contributed by atoms with Crippen LogP contribution in [-0.4, -0.2) is 39.2 Å². The van der Waals surface area contributed by atoms with Gasteiger partial charge in [-0.05, 0) is 6.92 Å². The normalized spacial score (nSPS) is 12.4. The van der Waals surface area contributed by atoms with Crippen molar-refractivity contribution in [2.45, 2.75) is 16.5 Å². The van der Waals surface area contributed by atoms with Gasteiger partial charge in [0.25, 0.3) is 0 Å². The molecule has 0 saturated heterocycles. The Morgan fingerprint density at radius 3 is 2.72 bits per heavy atom. The van der Waals surface area contributed by atoms with E-state index in [1.165, 1.54) is 11.3 Å². The summed E-state index contributed by atoms with van der Waals surface area (Å²) in [6, 6.07) is 0. The van der Waals surface area contributed by atoms with Crippen molar-refractivity contribution in [1.82, 2.24) is 25.1 Å². The predicted octanol–water partition coefficient (Wildman–Crippen LogP) is 1.22. The fourth-order valence-corrected chi connectivity index (χ4v) is 2.87. The monoisotopic (exact) mass is 283 g/mol. The van der Waals surface area contributed by atoms with Crippen molar-refractivity contribution in [3.8, 4) is 0 Å². The van der Waals surface area contributed by atoms with Gasteiger partial charge in [-0.15, -0.1) is 10.2 Å². The topological polar surface area (TPSA) is 93.7 Å². The molecule has 0 aliphatic carbocycles. The minimum Gasteiger partial charge on any atom is -0.368 e. The molecule has 0 saturated carbocycles. The molecule has 18 heavy (non-hydrogen) atoms. The zero-order chi connectivity index (χ0) is 13.1. The lowest BCUT2D eigenvalue weighted by molar-refractivity contribution is 0.863. The molecule has 96 valence electrons. The van der Waals surface area contributed by atoms with Crippen LogP contribution >= 0.6 is 23.1 Å². The molecule has 0 spiro atoms. The van der Waals surface area contributed by atoms with Gasteiger partial charge in [0.2, 0.25) is 11.9 Å². The Balaban J connectivity index is 2.21. The standard InChI is InChI=1S/C9H13N7S2/c1-5(18-9-15-11-4-17-9)6-12-7(10)14-8(13-6)16(2)3/h4-5H,1-3H3,(H2,10,12,13,14). The molecule has 1 atom stereocenters. The molecule has 2 N–H and O–H groups in total. The summed E-state index contributed by atoms with van der Waals surface area (Å²) >= 11 is 3.04. The summed E-state index contributed by atoms with van der Waals surface area (Å²) in [7, 11) is 3.72. The number of aromatic nitrogens is 5. The Bertz CT molecular complexity index is 514. The number of thioether (sulfide) groups is 1. The number of nitrogens with two attached hydrogens (primary N) is 1. The van der Waals surface area contributed by atoms with E-state index in [1.807, 2.05) is 21.0 Å². The fourth-order valence-electron chi connectivity index (χ4n) is 1.20. The van der Waals surface area contributed by atoms with Crippen molar-refractivity contribution in [3.05, 3.63) is 11.3 Å². The van der Waals surface area contributed by atoms with Crippen molar-refractivity contribution < 1.29 is 0 Å². The number of rotatable bonds is 4. The zero-order valence-electron chi connectivity index (χ0n) is 10.2. The Kier molecular flexibility index (Phi) is 3.92. The molecule has 0 aliphatic rings. The maximum Gasteiger partial charge on any atom is 0.229 e. The molecule has 0 radical (unpaired) electrons. The molecule has 2 aromatic heterocycles. The minimum absolute atomic E-state index is 0.0435. The van der Waals surface area contributed by atoms with E-state index in [-0.39, 0.29) is 11.2 Å². The lowest BCUT2D eigenvalue weighted by atomic mass is 10.4. The first-order chi connectivity index (χ1) is 8.56. The van der Waals surface area contributed by atoms with Crippen LogP contribution in [0.2, 0.25) is 0 Å². The van der Waals surface area contributed by atoms with Crippen LogP contribution in [0.3, 0.4) is 0 Å². The summed E-state index contributed by atoms with van der Waals surface area (Å²) < 4.78 is 0.882. The first kappa shape index (κ1) is 13.0. The van der Waals surface area contributed by atoms with E-state index >= 15 is 0 Å². The summed E-state index contributed by atoms with van der Waals surface area (Å²) in [5.74, 6) is 1.43. The number of hydrogen-bond acceptors (Lipinski definition) is 9. The predicted molar refractivity (Wildman–Crippen MR) is 72.7 cm³/mol. The molecule has 2 heterocycles. The van der Waals surface area contributed by atoms with Crippen LogP contribution in [0.4, 0.5) is 11.9 Å². The second-order valence-electron chi connectivity index (χ2n) is 3.71. The number of hydrogen-bond donors (Lipinski definition) is 1. The van der Waals surface area contributed by atoms with E-state index in [9.17, 15) is 0 Å². The largest absolute Gasteiger partial charge is 0.368 e. The van der Waals surface area contributed by atoms with E-state index in [0.717, 1.165) is 4.34 Å². The van der Waals surface area contributed by atoms with Gasteiger partial charge in [0.15, 0.2) is 4.34 Å². The summed E-state index contributed by atoms with van der Waals surface area (Å²) in [5, 5.41) is 7.82. The molecule has 7 nitrogen and oxygen atoms in total. The average molecular weight is 283 g/mol. The lowest BCUT2D eigenvalue weighted by Crippen LogP contribution is -2.16. The van der Waals surface area contributed by atoms with Gasteiger partial charge < -0.3 is 10.6 Å². The SMILES string of the molecule is CC(Sc1nncs1)c1nc(N)nc(N(C)C)n1. The van der Waals surface area contributed by atoms with Gasteiger partial charge in [0, 0.05) is 14.1 Å². The highest BCUT2D eigenvalue weighted by Gasteiger charge is 2.15. The lowest BCUT2D eigenvalue weighted by Gasteiger charge is -2.13. The Morgan fingerprint density at radius 2 is 2.11 bits per heavy atom. The van der Waals surface area contributed by atoms with Gasteiger partial charge in [-0.1, -0.05) is 23.1 Å².